The normalized spacial score (nSPS) is 11.1. The molecule has 0 atom stereocenters. The van der Waals surface area contributed by atoms with Crippen LogP contribution in [-0.4, -0.2) is 55.4 Å². The van der Waals surface area contributed by atoms with Gasteiger partial charge in [-0.25, -0.2) is 19.0 Å². The molecule has 0 aliphatic carbocycles. The average molecular weight is 599 g/mol. The predicted octanol–water partition coefficient (Wildman–Crippen LogP) is 4.25. The molecule has 0 amide bonds. The number of aromatic nitrogens is 4. The summed E-state index contributed by atoms with van der Waals surface area (Å²) in [5.74, 6) is -2.52. The van der Waals surface area contributed by atoms with Crippen LogP contribution in [0.5, 0.6) is 11.5 Å². The molecule has 44 heavy (non-hydrogen) atoms. The summed E-state index contributed by atoms with van der Waals surface area (Å²) in [4.78, 5) is 51.7. The number of hydrogen-bond acceptors (Lipinski definition) is 6. The quantitative estimate of drug-likeness (QED) is 0.185. The molecule has 0 radical (unpaired) electrons. The van der Waals surface area contributed by atoms with Crippen molar-refractivity contribution in [1.82, 2.24) is 19.6 Å². The molecule has 226 valence electrons. The number of methoxy groups -OCH3 is 1. The van der Waals surface area contributed by atoms with E-state index in [1.165, 1.54) is 52.9 Å². The number of rotatable bonds is 10. The van der Waals surface area contributed by atoms with E-state index < -0.39 is 29.0 Å². The molecule has 0 bridgehead atoms. The van der Waals surface area contributed by atoms with Gasteiger partial charge < -0.3 is 19.7 Å². The number of carboxylic acids is 2. The number of carboxylic acid groups (broad SMARTS) is 2. The third-order valence-corrected chi connectivity index (χ3v) is 7.34. The van der Waals surface area contributed by atoms with Crippen molar-refractivity contribution in [2.24, 2.45) is 0 Å². The van der Waals surface area contributed by atoms with E-state index in [1.807, 2.05) is 0 Å². The number of nitrogens with zero attached hydrogens (tertiary/aromatic N) is 2. The van der Waals surface area contributed by atoms with Crippen LogP contribution < -0.4 is 20.6 Å². The molecule has 0 saturated carbocycles. The van der Waals surface area contributed by atoms with Crippen molar-refractivity contribution in [2.45, 2.75) is 26.7 Å². The van der Waals surface area contributed by atoms with Gasteiger partial charge in [0.2, 0.25) is 0 Å². The van der Waals surface area contributed by atoms with Crippen LogP contribution in [0.3, 0.4) is 0 Å². The molecular formula is C32H30N4O8. The van der Waals surface area contributed by atoms with Crippen LogP contribution in [0.2, 0.25) is 0 Å². The Kier molecular flexibility index (Phi) is 7.99. The summed E-state index contributed by atoms with van der Waals surface area (Å²) >= 11 is 0. The molecule has 0 aliphatic rings. The van der Waals surface area contributed by atoms with E-state index in [9.17, 15) is 29.4 Å². The molecule has 12 heteroatoms. The Morgan fingerprint density at radius 3 is 1.70 bits per heavy atom. The standard InChI is InChI=1S/C32H30N4O8/c1-5-44-28-23(13-8-14-24(28)43-4)27(25-17(2)33-35(29(25)37)21-11-6-9-19(15-21)31(39)40)26-18(3)34-36(30(26)38)22-12-7-10-20(16-22)32(41)42/h6-16,27,33-34H,5H2,1-4H3,(H,39,40)(H,41,42). The van der Waals surface area contributed by atoms with E-state index in [0.29, 0.717) is 39.8 Å². The highest BCUT2D eigenvalue weighted by atomic mass is 16.5. The van der Waals surface area contributed by atoms with Crippen LogP contribution in [-0.2, 0) is 0 Å². The topological polar surface area (TPSA) is 169 Å². The Bertz CT molecular complexity index is 1900. The van der Waals surface area contributed by atoms with E-state index in [4.69, 9.17) is 9.47 Å². The number of aryl methyl sites for hydroxylation is 2. The Morgan fingerprint density at radius 1 is 0.795 bits per heavy atom. The second-order valence-electron chi connectivity index (χ2n) is 10.0. The zero-order valence-corrected chi connectivity index (χ0v) is 24.4. The summed E-state index contributed by atoms with van der Waals surface area (Å²) in [7, 11) is 1.49. The lowest BCUT2D eigenvalue weighted by molar-refractivity contribution is 0.0686. The van der Waals surface area contributed by atoms with Gasteiger partial charge in [0, 0.05) is 17.0 Å². The summed E-state index contributed by atoms with van der Waals surface area (Å²) < 4.78 is 14.1. The van der Waals surface area contributed by atoms with Crippen LogP contribution in [0.4, 0.5) is 0 Å². The Balaban J connectivity index is 1.82. The minimum Gasteiger partial charge on any atom is -0.493 e. The third-order valence-electron chi connectivity index (χ3n) is 7.34. The molecule has 5 aromatic rings. The molecular weight excluding hydrogens is 568 g/mol. The lowest BCUT2D eigenvalue weighted by Gasteiger charge is -2.21. The number of hydrogen-bond donors (Lipinski definition) is 4. The van der Waals surface area contributed by atoms with Gasteiger partial charge in [0.1, 0.15) is 0 Å². The van der Waals surface area contributed by atoms with E-state index in [2.05, 4.69) is 10.2 Å². The summed E-state index contributed by atoms with van der Waals surface area (Å²) in [5.41, 5.74) is 1.41. The molecule has 4 N–H and O–H groups in total. The molecule has 0 fully saturated rings. The van der Waals surface area contributed by atoms with Crippen LogP contribution in [0, 0.1) is 13.8 Å². The minimum atomic E-state index is -1.14. The van der Waals surface area contributed by atoms with Gasteiger partial charge in [-0.15, -0.1) is 0 Å². The highest BCUT2D eigenvalue weighted by Crippen LogP contribution is 2.42. The third kappa shape index (κ3) is 5.17. The molecule has 0 spiro atoms. The first-order valence-corrected chi connectivity index (χ1v) is 13.7. The molecule has 0 aliphatic heterocycles. The number of aromatic amines is 2. The first-order chi connectivity index (χ1) is 21.1. The van der Waals surface area contributed by atoms with E-state index >= 15 is 0 Å². The maximum Gasteiger partial charge on any atom is 0.335 e. The number of para-hydroxylation sites is 1. The van der Waals surface area contributed by atoms with Gasteiger partial charge in [-0.2, -0.15) is 0 Å². The van der Waals surface area contributed by atoms with E-state index in [0.717, 1.165) is 0 Å². The van der Waals surface area contributed by atoms with Gasteiger partial charge in [-0.1, -0.05) is 24.3 Å². The Hall–Kier alpha value is -5.78. The van der Waals surface area contributed by atoms with Gasteiger partial charge in [0.05, 0.1) is 53.3 Å². The zero-order chi connectivity index (χ0) is 31.7. The largest absolute Gasteiger partial charge is 0.493 e. The lowest BCUT2D eigenvalue weighted by atomic mass is 9.84. The van der Waals surface area contributed by atoms with Gasteiger partial charge in [0.25, 0.3) is 11.1 Å². The number of ether oxygens (including phenoxy) is 2. The fourth-order valence-electron chi connectivity index (χ4n) is 5.39. The van der Waals surface area contributed by atoms with Crippen LogP contribution in [0.25, 0.3) is 11.4 Å². The molecule has 2 aromatic heterocycles. The maximum absolute atomic E-state index is 14.2. The van der Waals surface area contributed by atoms with Crippen molar-refractivity contribution in [2.75, 3.05) is 13.7 Å². The van der Waals surface area contributed by atoms with Crippen molar-refractivity contribution >= 4 is 11.9 Å². The minimum absolute atomic E-state index is 0.000799. The van der Waals surface area contributed by atoms with Crippen molar-refractivity contribution in [3.8, 4) is 22.9 Å². The predicted molar refractivity (Wildman–Crippen MR) is 161 cm³/mol. The number of aromatic carboxylic acids is 2. The number of H-pyrrole nitrogens is 2. The fourth-order valence-corrected chi connectivity index (χ4v) is 5.39. The number of carbonyl (C=O) groups is 2. The summed E-state index contributed by atoms with van der Waals surface area (Å²) in [6.45, 7) is 5.47. The van der Waals surface area contributed by atoms with Gasteiger partial charge in [0.15, 0.2) is 11.5 Å². The van der Waals surface area contributed by atoms with Gasteiger partial charge in [-0.05, 0) is 63.2 Å². The first-order valence-electron chi connectivity index (χ1n) is 13.7. The lowest BCUT2D eigenvalue weighted by Crippen LogP contribution is -2.26. The maximum atomic E-state index is 14.2. The molecule has 2 heterocycles. The van der Waals surface area contributed by atoms with E-state index in [1.54, 1.807) is 51.1 Å². The Labute approximate surface area is 250 Å². The SMILES string of the molecule is CCOc1c(OC)cccc1C(c1c(C)[nH]n(-c2cccc(C(=O)O)c2)c1=O)c1c(C)[nH]n(-c2cccc(C(=O)O)c2)c1=O. The van der Waals surface area contributed by atoms with Gasteiger partial charge >= 0.3 is 11.9 Å². The molecule has 12 nitrogen and oxygen atoms in total. The molecule has 0 unspecified atom stereocenters. The summed E-state index contributed by atoms with van der Waals surface area (Å²) in [6.07, 6.45) is 0. The smallest absolute Gasteiger partial charge is 0.335 e. The summed E-state index contributed by atoms with van der Waals surface area (Å²) in [5, 5.41) is 25.1. The van der Waals surface area contributed by atoms with E-state index in [-0.39, 0.29) is 28.9 Å². The monoisotopic (exact) mass is 598 g/mol. The van der Waals surface area contributed by atoms with Gasteiger partial charge in [-0.3, -0.25) is 19.8 Å². The highest BCUT2D eigenvalue weighted by molar-refractivity contribution is 5.88. The second-order valence-corrected chi connectivity index (χ2v) is 10.0. The second kappa shape index (κ2) is 11.8. The Morgan fingerprint density at radius 2 is 1.27 bits per heavy atom. The first kappa shape index (κ1) is 29.7. The van der Waals surface area contributed by atoms with Crippen LogP contribution in [0.1, 0.15) is 61.6 Å². The average Bonchev–Trinajstić information content (AvgIpc) is 3.48. The summed E-state index contributed by atoms with van der Waals surface area (Å²) in [6, 6.07) is 17.1. The zero-order valence-electron chi connectivity index (χ0n) is 24.4. The highest BCUT2D eigenvalue weighted by Gasteiger charge is 2.34. The van der Waals surface area contributed by atoms with Crippen LogP contribution in [0.15, 0.2) is 76.3 Å². The number of benzene rings is 3. The van der Waals surface area contributed by atoms with Crippen molar-refractivity contribution in [3.63, 3.8) is 0 Å². The van der Waals surface area contributed by atoms with Crippen molar-refractivity contribution < 1.29 is 29.3 Å². The molecule has 0 saturated heterocycles. The van der Waals surface area contributed by atoms with Crippen LogP contribution >= 0.6 is 0 Å². The fraction of sp³-hybridized carbons (Fsp3) is 0.188. The van der Waals surface area contributed by atoms with Crippen molar-refractivity contribution in [3.05, 3.63) is 127 Å². The number of nitrogens with one attached hydrogen (secondary N) is 2. The molecule has 5 rings (SSSR count). The molecule has 3 aromatic carbocycles. The van der Waals surface area contributed by atoms with Crippen molar-refractivity contribution in [1.29, 1.82) is 0 Å².